The minimum atomic E-state index is -1.33. The molecule has 3 aromatic carbocycles. The van der Waals surface area contributed by atoms with Crippen molar-refractivity contribution in [3.8, 4) is 0 Å². The Balaban J connectivity index is 1.70. The molecule has 0 N–H and O–H groups in total. The van der Waals surface area contributed by atoms with E-state index in [1.165, 1.54) is 4.90 Å². The van der Waals surface area contributed by atoms with Gasteiger partial charge in [0.05, 0.1) is 5.69 Å². The number of rotatable bonds is 3. The lowest BCUT2D eigenvalue weighted by Gasteiger charge is -2.16. The third kappa shape index (κ3) is 2.92. The fourth-order valence-corrected chi connectivity index (χ4v) is 2.95. The molecule has 7 heteroatoms. The van der Waals surface area contributed by atoms with Gasteiger partial charge in [0.1, 0.15) is 17.2 Å². The van der Waals surface area contributed by atoms with Crippen molar-refractivity contribution in [1.29, 1.82) is 0 Å². The van der Waals surface area contributed by atoms with Crippen LogP contribution in [0.5, 0.6) is 0 Å². The lowest BCUT2D eigenvalue weighted by molar-refractivity contribution is -0.111. The minimum Gasteiger partial charge on any atom is -0.312 e. The Morgan fingerprint density at radius 2 is 1.50 bits per heavy atom. The summed E-state index contributed by atoms with van der Waals surface area (Å²) in [7, 11) is 0. The van der Waals surface area contributed by atoms with E-state index >= 15 is 0 Å². The van der Waals surface area contributed by atoms with Gasteiger partial charge in [-0.2, -0.15) is 0 Å². The molecule has 28 heavy (non-hydrogen) atoms. The summed E-state index contributed by atoms with van der Waals surface area (Å²) in [6.45, 7) is 0. The van der Waals surface area contributed by atoms with Crippen LogP contribution in [-0.4, -0.2) is 17.6 Å². The highest BCUT2D eigenvalue weighted by molar-refractivity contribution is 6.55. The van der Waals surface area contributed by atoms with Crippen LogP contribution in [-0.2, 0) is 9.63 Å². The van der Waals surface area contributed by atoms with E-state index in [1.54, 1.807) is 48.5 Å². The smallest absolute Gasteiger partial charge is 0.312 e. The zero-order valence-corrected chi connectivity index (χ0v) is 14.3. The summed E-state index contributed by atoms with van der Waals surface area (Å²) in [5.41, 5.74) is 0.607. The zero-order valence-electron chi connectivity index (χ0n) is 14.3. The highest BCUT2D eigenvalue weighted by atomic mass is 19.1. The van der Waals surface area contributed by atoms with Gasteiger partial charge in [-0.05, 0) is 30.3 Å². The number of carbonyl (C=O) groups is 2. The van der Waals surface area contributed by atoms with Gasteiger partial charge in [-0.3, -0.25) is 9.69 Å². The predicted octanol–water partition coefficient (Wildman–Crippen LogP) is 4.20. The van der Waals surface area contributed by atoms with Crippen molar-refractivity contribution in [3.05, 3.63) is 95.6 Å². The number of nitrogens with zero attached hydrogens (tertiary/aromatic N) is 2. The second kappa shape index (κ2) is 7.03. The summed E-state index contributed by atoms with van der Waals surface area (Å²) in [5.74, 6) is -4.00. The van der Waals surface area contributed by atoms with E-state index in [4.69, 9.17) is 4.84 Å². The quantitative estimate of drug-likeness (QED) is 0.507. The van der Waals surface area contributed by atoms with Crippen molar-refractivity contribution < 1.29 is 23.2 Å². The first-order valence-corrected chi connectivity index (χ1v) is 8.30. The van der Waals surface area contributed by atoms with Gasteiger partial charge in [0.2, 0.25) is 0 Å². The predicted molar refractivity (Wildman–Crippen MR) is 98.3 cm³/mol. The van der Waals surface area contributed by atoms with Crippen LogP contribution in [0.3, 0.4) is 0 Å². The maximum absolute atomic E-state index is 13.7. The molecule has 0 bridgehead atoms. The van der Waals surface area contributed by atoms with E-state index in [1.807, 2.05) is 6.07 Å². The summed E-state index contributed by atoms with van der Waals surface area (Å²) >= 11 is 0. The third-order valence-electron chi connectivity index (χ3n) is 4.21. The number of amides is 1. The molecule has 0 unspecified atom stereocenters. The van der Waals surface area contributed by atoms with Gasteiger partial charge >= 0.3 is 5.97 Å². The molecule has 0 saturated carbocycles. The van der Waals surface area contributed by atoms with Gasteiger partial charge in [-0.1, -0.05) is 47.6 Å². The van der Waals surface area contributed by atoms with Crippen LogP contribution in [0, 0.1) is 11.6 Å². The molecule has 1 aliphatic rings. The lowest BCUT2D eigenvalue weighted by Crippen LogP contribution is -2.25. The molecule has 0 saturated heterocycles. The summed E-state index contributed by atoms with van der Waals surface area (Å²) in [4.78, 5) is 31.1. The van der Waals surface area contributed by atoms with Crippen LogP contribution in [0.15, 0.2) is 78.0 Å². The fraction of sp³-hybridized carbons (Fsp3) is 0. The molecular formula is C21H12F2N2O3. The molecule has 1 aliphatic heterocycles. The van der Waals surface area contributed by atoms with Crippen molar-refractivity contribution in [3.63, 3.8) is 0 Å². The summed E-state index contributed by atoms with van der Waals surface area (Å²) in [6, 6.07) is 18.7. The van der Waals surface area contributed by atoms with E-state index in [9.17, 15) is 18.4 Å². The highest BCUT2D eigenvalue weighted by Crippen LogP contribution is 2.35. The standard InChI is InChI=1S/C21H12F2N2O3/c22-15-10-6-11-16(23)18(15)21(27)28-24-19-14-9-4-5-12-17(14)25(20(19)26)13-7-2-1-3-8-13/h1-12H. The topological polar surface area (TPSA) is 59.0 Å². The minimum absolute atomic E-state index is 0.135. The number of benzene rings is 3. The number of carbonyl (C=O) groups excluding carboxylic acids is 2. The first-order valence-electron chi connectivity index (χ1n) is 8.30. The first-order chi connectivity index (χ1) is 13.6. The number of para-hydroxylation sites is 2. The number of hydrogen-bond donors (Lipinski definition) is 0. The Bertz CT molecular complexity index is 1090. The largest absolute Gasteiger partial charge is 0.371 e. The molecule has 1 heterocycles. The van der Waals surface area contributed by atoms with Crippen LogP contribution in [0.4, 0.5) is 20.2 Å². The van der Waals surface area contributed by atoms with Crippen LogP contribution in [0.1, 0.15) is 15.9 Å². The second-order valence-corrected chi connectivity index (χ2v) is 5.91. The molecule has 0 aromatic heterocycles. The Morgan fingerprint density at radius 1 is 0.857 bits per heavy atom. The van der Waals surface area contributed by atoms with Gasteiger partial charge in [-0.15, -0.1) is 0 Å². The average Bonchev–Trinajstić information content (AvgIpc) is 2.98. The van der Waals surface area contributed by atoms with Crippen LogP contribution in [0.25, 0.3) is 0 Å². The number of oxime groups is 1. The SMILES string of the molecule is O=C(ON=C1C(=O)N(c2ccccc2)c2ccccc21)c1c(F)cccc1F. The second-order valence-electron chi connectivity index (χ2n) is 5.91. The van der Waals surface area contributed by atoms with E-state index < -0.39 is 29.1 Å². The van der Waals surface area contributed by atoms with Crippen molar-refractivity contribution in [2.75, 3.05) is 4.90 Å². The Labute approximate surface area is 158 Å². The van der Waals surface area contributed by atoms with Gasteiger partial charge in [0.25, 0.3) is 5.91 Å². The van der Waals surface area contributed by atoms with E-state index in [0.717, 1.165) is 18.2 Å². The number of anilines is 2. The van der Waals surface area contributed by atoms with Crippen LogP contribution in [0.2, 0.25) is 0 Å². The van der Waals surface area contributed by atoms with E-state index in [2.05, 4.69) is 5.16 Å². The highest BCUT2D eigenvalue weighted by Gasteiger charge is 2.35. The lowest BCUT2D eigenvalue weighted by atomic mass is 10.1. The molecule has 0 spiro atoms. The van der Waals surface area contributed by atoms with E-state index in [-0.39, 0.29) is 5.71 Å². The van der Waals surface area contributed by atoms with Gasteiger partial charge in [-0.25, -0.2) is 13.6 Å². The molecule has 1 amide bonds. The number of fused-ring (bicyclic) bond motifs is 1. The Hall–Kier alpha value is -3.87. The van der Waals surface area contributed by atoms with Crippen LogP contribution < -0.4 is 4.90 Å². The molecule has 0 radical (unpaired) electrons. The maximum atomic E-state index is 13.7. The fourth-order valence-electron chi connectivity index (χ4n) is 2.95. The van der Waals surface area contributed by atoms with E-state index in [0.29, 0.717) is 16.9 Å². The van der Waals surface area contributed by atoms with Gasteiger partial charge < -0.3 is 4.84 Å². The third-order valence-corrected chi connectivity index (χ3v) is 4.21. The number of halogens is 2. The van der Waals surface area contributed by atoms with Crippen molar-refractivity contribution >= 4 is 29.0 Å². The summed E-state index contributed by atoms with van der Waals surface area (Å²) < 4.78 is 27.5. The molecule has 0 aliphatic carbocycles. The molecule has 3 aromatic rings. The zero-order chi connectivity index (χ0) is 19.7. The van der Waals surface area contributed by atoms with Gasteiger partial charge in [0, 0.05) is 11.3 Å². The first kappa shape index (κ1) is 17.5. The molecule has 0 fully saturated rings. The molecule has 138 valence electrons. The summed E-state index contributed by atoms with van der Waals surface area (Å²) in [5, 5.41) is 3.62. The van der Waals surface area contributed by atoms with Crippen LogP contribution >= 0.6 is 0 Å². The Morgan fingerprint density at radius 3 is 2.21 bits per heavy atom. The monoisotopic (exact) mass is 378 g/mol. The molecule has 5 nitrogen and oxygen atoms in total. The summed E-state index contributed by atoms with van der Waals surface area (Å²) in [6.07, 6.45) is 0. The van der Waals surface area contributed by atoms with Gasteiger partial charge in [0.15, 0.2) is 5.71 Å². The maximum Gasteiger partial charge on any atom is 0.371 e. The molecule has 4 rings (SSSR count). The Kier molecular flexibility index (Phi) is 4.41. The average molecular weight is 378 g/mol. The molecule has 0 atom stereocenters. The van der Waals surface area contributed by atoms with Crippen molar-refractivity contribution in [2.45, 2.75) is 0 Å². The van der Waals surface area contributed by atoms with Crippen molar-refractivity contribution in [2.24, 2.45) is 5.16 Å². The molecular weight excluding hydrogens is 366 g/mol. The van der Waals surface area contributed by atoms with Crippen molar-refractivity contribution in [1.82, 2.24) is 0 Å². The normalized spacial score (nSPS) is 14.3. The number of hydrogen-bond acceptors (Lipinski definition) is 4.